The number of hydrogen-bond acceptors (Lipinski definition) is 2. The van der Waals surface area contributed by atoms with Crippen molar-refractivity contribution in [2.45, 2.75) is 0 Å². The number of rotatable bonds is 3. The van der Waals surface area contributed by atoms with Crippen LogP contribution < -0.4 is 21.0 Å². The average Bonchev–Trinajstić information content (AvgIpc) is 2.59. The molecule has 0 aliphatic rings. The van der Waals surface area contributed by atoms with Gasteiger partial charge in [-0.1, -0.05) is 54.6 Å². The van der Waals surface area contributed by atoms with Crippen LogP contribution in [0.2, 0.25) is 0 Å². The molecule has 120 valence electrons. The molecule has 0 aliphatic carbocycles. The zero-order valence-corrected chi connectivity index (χ0v) is 14.3. The Balaban J connectivity index is 0.000000615. The van der Waals surface area contributed by atoms with E-state index >= 15 is 0 Å². The minimum atomic E-state index is -0.877. The summed E-state index contributed by atoms with van der Waals surface area (Å²) in [7, 11) is -0.877. The summed E-state index contributed by atoms with van der Waals surface area (Å²) in [5.41, 5.74) is 0. The Bertz CT molecular complexity index is 582. The van der Waals surface area contributed by atoms with Crippen LogP contribution in [0, 0.1) is 0 Å². The van der Waals surface area contributed by atoms with Gasteiger partial charge in [-0.05, 0) is 36.4 Å². The predicted molar refractivity (Wildman–Crippen MR) is 92.6 cm³/mol. The van der Waals surface area contributed by atoms with Gasteiger partial charge in [0.2, 0.25) is 0 Å². The Labute approximate surface area is 148 Å². The smallest absolute Gasteiger partial charge is 0.554 e. The summed E-state index contributed by atoms with van der Waals surface area (Å²) >= 11 is 0. The van der Waals surface area contributed by atoms with Crippen molar-refractivity contribution >= 4 is 30.3 Å². The number of benzene rings is 3. The van der Waals surface area contributed by atoms with Crippen LogP contribution in [0.4, 0.5) is 0 Å². The first kappa shape index (κ1) is 19.1. The normalized spacial score (nSPS) is 9.26. The van der Waals surface area contributed by atoms with Crippen LogP contribution in [0.1, 0.15) is 0 Å². The van der Waals surface area contributed by atoms with Crippen molar-refractivity contribution in [3.8, 4) is 0 Å². The second-order valence-electron chi connectivity index (χ2n) is 4.57. The van der Waals surface area contributed by atoms with E-state index in [1.54, 1.807) is 0 Å². The van der Waals surface area contributed by atoms with E-state index in [2.05, 4.69) is 91.0 Å². The van der Waals surface area contributed by atoms with E-state index in [9.17, 15) is 0 Å². The molecule has 0 saturated heterocycles. The van der Waals surface area contributed by atoms with Crippen LogP contribution in [0.25, 0.3) is 0 Å². The van der Waals surface area contributed by atoms with Gasteiger partial charge in [0.25, 0.3) is 0 Å². The molecular weight excluding hydrogens is 355 g/mol. The Morgan fingerprint density at radius 3 is 1.04 bits per heavy atom. The summed E-state index contributed by atoms with van der Waals surface area (Å²) in [6.45, 7) is -0.500. The van der Waals surface area contributed by atoms with Crippen molar-refractivity contribution in [2.75, 3.05) is 0 Å². The average molecular weight is 372 g/mol. The van der Waals surface area contributed by atoms with Gasteiger partial charge in [-0.2, -0.15) is 0 Å². The fourth-order valence-corrected chi connectivity index (χ4v) is 4.89. The largest absolute Gasteiger partial charge is 1.00 e. The predicted octanol–water partition coefficient (Wildman–Crippen LogP) is 1.54. The monoisotopic (exact) mass is 371 g/mol. The van der Waals surface area contributed by atoms with Crippen molar-refractivity contribution in [3.63, 3.8) is 0 Å². The number of carbonyl (C=O) groups excluding carboxylic acids is 1. The van der Waals surface area contributed by atoms with E-state index < -0.39 is 14.4 Å². The van der Waals surface area contributed by atoms with E-state index in [1.807, 2.05) is 0 Å². The van der Waals surface area contributed by atoms with Crippen molar-refractivity contribution in [2.24, 2.45) is 0 Å². The first-order valence-corrected chi connectivity index (χ1v) is 8.45. The van der Waals surface area contributed by atoms with Gasteiger partial charge in [-0.25, -0.2) is 0 Å². The van der Waals surface area contributed by atoms with E-state index in [0.717, 1.165) is 0 Å². The summed E-state index contributed by atoms with van der Waals surface area (Å²) in [6.07, 6.45) is 0. The first-order valence-electron chi connectivity index (χ1n) is 6.95. The molecule has 0 spiro atoms. The fourth-order valence-electron chi connectivity index (χ4n) is 2.31. The third-order valence-electron chi connectivity index (χ3n) is 3.19. The van der Waals surface area contributed by atoms with Crippen molar-refractivity contribution < 1.29 is 27.0 Å². The summed E-state index contributed by atoms with van der Waals surface area (Å²) in [4.78, 5) is 8.25. The molecule has 0 fully saturated rings. The molecule has 3 aromatic carbocycles. The van der Waals surface area contributed by atoms with Crippen molar-refractivity contribution in [1.29, 1.82) is 0 Å². The van der Waals surface area contributed by atoms with Crippen LogP contribution in [0.15, 0.2) is 91.0 Å². The molecule has 0 unspecified atom stereocenters. The number of carbonyl (C=O) groups is 1. The molecule has 3 aromatic rings. The van der Waals surface area contributed by atoms with Crippen molar-refractivity contribution in [1.82, 2.24) is 0 Å². The molecule has 0 heterocycles. The molecule has 0 amide bonds. The maximum Gasteiger partial charge on any atom is 1.00 e. The van der Waals surface area contributed by atoms with Gasteiger partial charge in [-0.15, -0.1) is 0 Å². The van der Waals surface area contributed by atoms with E-state index in [-0.39, 0.29) is 17.1 Å². The standard InChI is InChI=1S/C18H15P.CH2O2.Cu/c1-4-10-16(11-5-1)19(17-12-6-2-7-13-17)18-14-8-3-9-15-18;2-1-3;/h1-15H;1H,(H,2,3);/q;;+1. The summed E-state index contributed by atoms with van der Waals surface area (Å²) in [5, 5.41) is 12.6. The summed E-state index contributed by atoms with van der Waals surface area (Å²) in [6, 6.07) is 32.5. The molecule has 0 radical (unpaired) electrons. The van der Waals surface area contributed by atoms with Gasteiger partial charge in [0.15, 0.2) is 0 Å². The number of carboxylic acid groups (broad SMARTS) is 1. The van der Waals surface area contributed by atoms with Crippen LogP contribution in [0.3, 0.4) is 0 Å². The molecule has 4 heteroatoms. The molecule has 0 saturated carbocycles. The maximum atomic E-state index is 8.25. The molecular formula is C19H17CuO2P+. The van der Waals surface area contributed by atoms with Gasteiger partial charge >= 0.3 is 17.1 Å². The first-order chi connectivity index (χ1) is 10.9. The SMILES string of the molecule is O=C[O-].[Cu+].c1ccc([PH+](c2ccccc2)c2ccccc2)cc1. The minimum absolute atomic E-state index is 0. The maximum absolute atomic E-state index is 8.25. The van der Waals surface area contributed by atoms with Crippen LogP contribution >= 0.6 is 7.92 Å². The number of hydrogen-bond donors (Lipinski definition) is 0. The third-order valence-corrected chi connectivity index (χ3v) is 5.92. The van der Waals surface area contributed by atoms with E-state index in [4.69, 9.17) is 9.90 Å². The minimum Gasteiger partial charge on any atom is -0.554 e. The molecule has 3 rings (SSSR count). The van der Waals surface area contributed by atoms with Crippen LogP contribution in [-0.4, -0.2) is 6.47 Å². The Morgan fingerprint density at radius 1 is 0.609 bits per heavy atom. The molecule has 0 aliphatic heterocycles. The van der Waals surface area contributed by atoms with Crippen LogP contribution in [-0.2, 0) is 21.9 Å². The molecule has 0 atom stereocenters. The van der Waals surface area contributed by atoms with Gasteiger partial charge in [0, 0.05) is 6.47 Å². The molecule has 2 nitrogen and oxygen atoms in total. The Morgan fingerprint density at radius 2 is 0.826 bits per heavy atom. The summed E-state index contributed by atoms with van der Waals surface area (Å²) < 4.78 is 0. The second kappa shape index (κ2) is 10.7. The van der Waals surface area contributed by atoms with Gasteiger partial charge in [0.05, 0.1) is 7.92 Å². The fraction of sp³-hybridized carbons (Fsp3) is 0. The van der Waals surface area contributed by atoms with E-state index in [0.29, 0.717) is 0 Å². The molecule has 0 aromatic heterocycles. The van der Waals surface area contributed by atoms with Gasteiger partial charge in [-0.3, -0.25) is 0 Å². The molecule has 0 N–H and O–H groups in total. The van der Waals surface area contributed by atoms with Gasteiger partial charge in [0.1, 0.15) is 15.9 Å². The zero-order valence-electron chi connectivity index (χ0n) is 12.4. The topological polar surface area (TPSA) is 40.1 Å². The van der Waals surface area contributed by atoms with Gasteiger partial charge < -0.3 is 9.90 Å². The Hall–Kier alpha value is -1.92. The third kappa shape index (κ3) is 5.65. The van der Waals surface area contributed by atoms with Crippen molar-refractivity contribution in [3.05, 3.63) is 91.0 Å². The Kier molecular flexibility index (Phi) is 8.94. The zero-order chi connectivity index (χ0) is 15.6. The quantitative estimate of drug-likeness (QED) is 0.398. The second-order valence-corrected chi connectivity index (χ2v) is 7.05. The van der Waals surface area contributed by atoms with Crippen LogP contribution in [0.5, 0.6) is 0 Å². The summed E-state index contributed by atoms with van der Waals surface area (Å²) in [5.74, 6) is 0. The molecule has 0 bridgehead atoms. The van der Waals surface area contributed by atoms with E-state index in [1.165, 1.54) is 15.9 Å². The molecule has 23 heavy (non-hydrogen) atoms.